The molecule has 1 aromatic heterocycles. The maximum absolute atomic E-state index is 13.1. The van der Waals surface area contributed by atoms with Gasteiger partial charge in [0.05, 0.1) is 28.9 Å². The maximum atomic E-state index is 13.1. The maximum Gasteiger partial charge on any atom is 0.416 e. The molecule has 0 fully saturated rings. The summed E-state index contributed by atoms with van der Waals surface area (Å²) in [6.07, 6.45) is -4.62. The zero-order valence-electron chi connectivity index (χ0n) is 17.2. The Balaban J connectivity index is 1.68. The smallest absolute Gasteiger partial charge is 0.416 e. The summed E-state index contributed by atoms with van der Waals surface area (Å²) >= 11 is 5.83. The fourth-order valence-corrected chi connectivity index (χ4v) is 2.95. The number of hydrogen-bond acceptors (Lipinski definition) is 6. The van der Waals surface area contributed by atoms with Gasteiger partial charge in [-0.05, 0) is 48.5 Å². The number of anilines is 1. The van der Waals surface area contributed by atoms with Gasteiger partial charge in [-0.25, -0.2) is 9.78 Å². The van der Waals surface area contributed by atoms with Gasteiger partial charge in [-0.15, -0.1) is 0 Å². The average Bonchev–Trinajstić information content (AvgIpc) is 2.77. The first-order chi connectivity index (χ1) is 15.7. The predicted octanol–water partition coefficient (Wildman–Crippen LogP) is 4.73. The Morgan fingerprint density at radius 1 is 1.06 bits per heavy atom. The minimum atomic E-state index is -4.62. The number of halogens is 4. The zero-order valence-corrected chi connectivity index (χ0v) is 18.0. The highest BCUT2D eigenvalue weighted by molar-refractivity contribution is 6.29. The van der Waals surface area contributed by atoms with E-state index in [1.54, 1.807) is 18.2 Å². The van der Waals surface area contributed by atoms with Gasteiger partial charge in [0.15, 0.2) is 6.61 Å². The summed E-state index contributed by atoms with van der Waals surface area (Å²) in [5.41, 5.74) is -0.446. The summed E-state index contributed by atoms with van der Waals surface area (Å²) in [5, 5.41) is 3.23. The molecule has 3 aromatic rings. The average molecular weight is 483 g/mol. The van der Waals surface area contributed by atoms with Gasteiger partial charge in [-0.2, -0.15) is 13.2 Å². The van der Waals surface area contributed by atoms with Crippen molar-refractivity contribution in [3.63, 3.8) is 0 Å². The van der Waals surface area contributed by atoms with Gasteiger partial charge in [0.1, 0.15) is 17.5 Å². The van der Waals surface area contributed by atoms with Crippen LogP contribution in [0.2, 0.25) is 5.15 Å². The third kappa shape index (κ3) is 6.56. The molecule has 0 aliphatic rings. The highest BCUT2D eigenvalue weighted by Gasteiger charge is 2.31. The number of rotatable bonds is 8. The number of nitrogens with one attached hydrogen (secondary N) is 1. The molecular weight excluding hydrogens is 465 g/mol. The fraction of sp³-hybridized carbons (Fsp3) is 0.227. The number of nitrogens with zero attached hydrogens (tertiary/aromatic N) is 1. The predicted molar refractivity (Wildman–Crippen MR) is 114 cm³/mol. The molecule has 0 unspecified atom stereocenters. The first-order valence-corrected chi connectivity index (χ1v) is 9.91. The summed E-state index contributed by atoms with van der Waals surface area (Å²) in [7, 11) is 1.44. The molecule has 0 saturated carbocycles. The van der Waals surface area contributed by atoms with Crippen molar-refractivity contribution in [2.24, 2.45) is 0 Å². The highest BCUT2D eigenvalue weighted by Crippen LogP contribution is 2.35. The van der Waals surface area contributed by atoms with Gasteiger partial charge in [0.2, 0.25) is 0 Å². The van der Waals surface area contributed by atoms with Crippen LogP contribution in [0, 0.1) is 0 Å². The largest absolute Gasteiger partial charge is 0.489 e. The second kappa shape index (κ2) is 10.5. The summed E-state index contributed by atoms with van der Waals surface area (Å²) in [6, 6.07) is 10.5. The van der Waals surface area contributed by atoms with Gasteiger partial charge in [-0.3, -0.25) is 4.79 Å². The molecule has 0 radical (unpaired) electrons. The number of benzene rings is 2. The number of hydrogen-bond donors (Lipinski definition) is 1. The van der Waals surface area contributed by atoms with Crippen LogP contribution in [0.3, 0.4) is 0 Å². The molecule has 33 heavy (non-hydrogen) atoms. The minimum absolute atomic E-state index is 0.0143. The van der Waals surface area contributed by atoms with Crippen LogP contribution >= 0.6 is 11.6 Å². The number of alkyl halides is 3. The van der Waals surface area contributed by atoms with Crippen molar-refractivity contribution in [1.82, 2.24) is 4.98 Å². The van der Waals surface area contributed by atoms with E-state index in [4.69, 9.17) is 25.8 Å². The summed E-state index contributed by atoms with van der Waals surface area (Å²) in [4.78, 5) is 28.7. The Bertz CT molecular complexity index is 1170. The minimum Gasteiger partial charge on any atom is -0.489 e. The van der Waals surface area contributed by atoms with Crippen LogP contribution in [-0.4, -0.2) is 43.8 Å². The Kier molecular flexibility index (Phi) is 7.72. The third-order valence-corrected chi connectivity index (χ3v) is 4.56. The number of methoxy groups -OCH3 is 1. The number of pyridine rings is 1. The number of fused-ring (bicyclic) bond motifs is 1. The van der Waals surface area contributed by atoms with E-state index >= 15 is 0 Å². The second-order valence-corrected chi connectivity index (χ2v) is 7.10. The van der Waals surface area contributed by atoms with E-state index in [0.29, 0.717) is 16.1 Å². The lowest BCUT2D eigenvalue weighted by molar-refractivity contribution is -0.137. The van der Waals surface area contributed by atoms with Crippen LogP contribution in [0.15, 0.2) is 48.5 Å². The molecule has 1 amide bonds. The molecule has 0 saturated heterocycles. The molecule has 0 aliphatic heterocycles. The summed E-state index contributed by atoms with van der Waals surface area (Å²) in [5.74, 6) is -1.61. The molecule has 0 aliphatic carbocycles. The van der Waals surface area contributed by atoms with Crippen LogP contribution in [0.1, 0.15) is 15.9 Å². The number of ether oxygens (including phenoxy) is 3. The number of aromatic nitrogens is 1. The van der Waals surface area contributed by atoms with Crippen molar-refractivity contribution >= 4 is 40.1 Å². The first kappa shape index (κ1) is 24.3. The summed E-state index contributed by atoms with van der Waals surface area (Å²) < 4.78 is 54.4. The van der Waals surface area contributed by atoms with Crippen LogP contribution in [-0.2, 0) is 20.4 Å². The Morgan fingerprint density at radius 3 is 2.58 bits per heavy atom. The van der Waals surface area contributed by atoms with Gasteiger partial charge < -0.3 is 19.5 Å². The van der Waals surface area contributed by atoms with E-state index in [1.807, 2.05) is 0 Å². The summed E-state index contributed by atoms with van der Waals surface area (Å²) in [6.45, 7) is -0.468. The molecule has 7 nitrogen and oxygen atoms in total. The van der Waals surface area contributed by atoms with Crippen LogP contribution in [0.4, 0.5) is 18.9 Å². The standard InChI is InChI=1S/C22H18ClF3N2O5/c1-31-8-9-32-18-6-4-15(22(24,25)26)11-17(18)28-20(29)12-33-21(30)14-2-5-16-13(10-14)3-7-19(23)27-16/h2-7,10-11H,8-9,12H2,1H3,(H,28,29). The van der Waals surface area contributed by atoms with Gasteiger partial charge in [0, 0.05) is 12.5 Å². The molecule has 3 rings (SSSR count). The lowest BCUT2D eigenvalue weighted by Crippen LogP contribution is -2.22. The van der Waals surface area contributed by atoms with Gasteiger partial charge in [0.25, 0.3) is 5.91 Å². The number of amides is 1. The molecule has 2 aromatic carbocycles. The molecule has 0 spiro atoms. The quantitative estimate of drug-likeness (QED) is 0.284. The van der Waals surface area contributed by atoms with Gasteiger partial charge in [-0.1, -0.05) is 11.6 Å². The number of carbonyl (C=O) groups is 2. The van der Waals surface area contributed by atoms with E-state index in [9.17, 15) is 22.8 Å². The number of esters is 1. The topological polar surface area (TPSA) is 86.8 Å². The normalized spacial score (nSPS) is 11.3. The first-order valence-electron chi connectivity index (χ1n) is 9.53. The number of carbonyl (C=O) groups excluding carboxylic acids is 2. The fourth-order valence-electron chi connectivity index (χ4n) is 2.79. The van der Waals surface area contributed by atoms with Crippen molar-refractivity contribution in [3.05, 3.63) is 64.8 Å². The van der Waals surface area contributed by atoms with E-state index < -0.39 is 30.2 Å². The Hall–Kier alpha value is -3.37. The highest BCUT2D eigenvalue weighted by atomic mass is 35.5. The van der Waals surface area contributed by atoms with Crippen molar-refractivity contribution in [3.8, 4) is 5.75 Å². The van der Waals surface area contributed by atoms with Crippen LogP contribution in [0.5, 0.6) is 5.75 Å². The lowest BCUT2D eigenvalue weighted by Gasteiger charge is -2.15. The van der Waals surface area contributed by atoms with Crippen molar-refractivity contribution in [2.75, 3.05) is 32.2 Å². The second-order valence-electron chi connectivity index (χ2n) is 6.72. The Labute approximate surface area is 191 Å². The van der Waals surface area contributed by atoms with E-state index in [-0.39, 0.29) is 30.2 Å². The zero-order chi connectivity index (χ0) is 24.0. The monoisotopic (exact) mass is 482 g/mol. The van der Waals surface area contributed by atoms with E-state index in [2.05, 4.69) is 10.3 Å². The van der Waals surface area contributed by atoms with Gasteiger partial charge >= 0.3 is 12.1 Å². The van der Waals surface area contributed by atoms with E-state index in [1.165, 1.54) is 19.2 Å². The SMILES string of the molecule is COCCOc1ccc(C(F)(F)F)cc1NC(=O)COC(=O)c1ccc2nc(Cl)ccc2c1. The van der Waals surface area contributed by atoms with Crippen molar-refractivity contribution in [2.45, 2.75) is 6.18 Å². The van der Waals surface area contributed by atoms with Crippen molar-refractivity contribution < 1.29 is 37.0 Å². The third-order valence-electron chi connectivity index (χ3n) is 4.35. The molecule has 0 atom stereocenters. The molecule has 1 N–H and O–H groups in total. The lowest BCUT2D eigenvalue weighted by atomic mass is 10.1. The van der Waals surface area contributed by atoms with Crippen molar-refractivity contribution in [1.29, 1.82) is 0 Å². The molecule has 11 heteroatoms. The molecule has 1 heterocycles. The van der Waals surface area contributed by atoms with Crippen LogP contribution in [0.25, 0.3) is 10.9 Å². The molecule has 0 bridgehead atoms. The molecule has 174 valence electrons. The van der Waals surface area contributed by atoms with Crippen LogP contribution < -0.4 is 10.1 Å². The Morgan fingerprint density at radius 2 is 1.85 bits per heavy atom. The van der Waals surface area contributed by atoms with E-state index in [0.717, 1.165) is 18.2 Å². The molecular formula is C22H18ClF3N2O5.